The fourth-order valence-corrected chi connectivity index (χ4v) is 2.41. The molecular formula is C9H7F6O5P. The van der Waals surface area contributed by atoms with Crippen LogP contribution in [-0.4, -0.2) is 32.8 Å². The molecule has 0 heterocycles. The summed E-state index contributed by atoms with van der Waals surface area (Å²) < 4.78 is 89.8. The van der Waals surface area contributed by atoms with Crippen molar-refractivity contribution in [3.8, 4) is 11.5 Å². The molecule has 0 spiro atoms. The minimum absolute atomic E-state index is 0.644. The lowest BCUT2D eigenvalue weighted by Crippen LogP contribution is -2.57. The zero-order chi connectivity index (χ0) is 16.7. The summed E-state index contributed by atoms with van der Waals surface area (Å²) in [6.07, 6.45) is -13.1. The molecule has 0 saturated carbocycles. The molecule has 0 aliphatic rings. The highest BCUT2D eigenvalue weighted by Gasteiger charge is 2.82. The molecule has 21 heavy (non-hydrogen) atoms. The summed E-state index contributed by atoms with van der Waals surface area (Å²) in [6, 6.07) is 3.57. The van der Waals surface area contributed by atoms with Gasteiger partial charge >= 0.3 is 25.3 Å². The van der Waals surface area contributed by atoms with Gasteiger partial charge in [0, 0.05) is 0 Å². The zero-order valence-corrected chi connectivity index (χ0v) is 10.6. The van der Waals surface area contributed by atoms with E-state index in [1.165, 1.54) is 0 Å². The number of halogens is 6. The minimum Gasteiger partial charge on any atom is -0.504 e. The minimum atomic E-state index is -6.76. The van der Waals surface area contributed by atoms with Gasteiger partial charge in [-0.2, -0.15) is 26.3 Å². The first-order valence-corrected chi connectivity index (χ1v) is 6.48. The van der Waals surface area contributed by atoms with Crippen molar-refractivity contribution in [3.05, 3.63) is 24.3 Å². The van der Waals surface area contributed by atoms with Crippen LogP contribution in [0.5, 0.6) is 11.5 Å². The molecule has 0 aliphatic heterocycles. The highest BCUT2D eigenvalue weighted by Crippen LogP contribution is 2.66. The van der Waals surface area contributed by atoms with Gasteiger partial charge in [-0.3, -0.25) is 0 Å². The molecule has 0 bridgehead atoms. The topological polar surface area (TPSA) is 87.0 Å². The largest absolute Gasteiger partial charge is 0.504 e. The number of phenols is 1. The number of alkyl halides is 6. The fourth-order valence-electron chi connectivity index (χ4n) is 1.21. The van der Waals surface area contributed by atoms with Crippen molar-refractivity contribution in [3.63, 3.8) is 0 Å². The average molecular weight is 340 g/mol. The van der Waals surface area contributed by atoms with Crippen LogP contribution in [0.15, 0.2) is 24.3 Å². The molecular weight excluding hydrogens is 333 g/mol. The van der Waals surface area contributed by atoms with E-state index in [2.05, 4.69) is 4.52 Å². The molecule has 0 fully saturated rings. The summed E-state index contributed by atoms with van der Waals surface area (Å²) in [6.45, 7) is 0. The number of hydrogen-bond donors (Lipinski definition) is 3. The molecule has 0 aromatic heterocycles. The van der Waals surface area contributed by atoms with E-state index < -0.39 is 36.8 Å². The van der Waals surface area contributed by atoms with Crippen molar-refractivity contribution in [2.45, 2.75) is 17.7 Å². The quantitative estimate of drug-likeness (QED) is 0.582. The first-order valence-electron chi connectivity index (χ1n) is 4.90. The molecule has 5 nitrogen and oxygen atoms in total. The third-order valence-corrected chi connectivity index (χ3v) is 4.06. The summed E-state index contributed by atoms with van der Waals surface area (Å²) in [5.74, 6) is -2.12. The second-order valence-corrected chi connectivity index (χ2v) is 5.62. The Kier molecular flexibility index (Phi) is 4.25. The van der Waals surface area contributed by atoms with Gasteiger partial charge in [-0.15, -0.1) is 0 Å². The van der Waals surface area contributed by atoms with Crippen LogP contribution in [-0.2, 0) is 4.57 Å². The van der Waals surface area contributed by atoms with E-state index in [0.717, 1.165) is 18.2 Å². The fraction of sp³-hybridized carbons (Fsp3) is 0.333. The standard InChI is InChI=1S/C9H7F6O5P/c10-8(11,12)7(17,9(13,14)15)21(18,19)20-6-4-2-1-3-5(6)16/h1-4,16-17H,(H,18,19). The highest BCUT2D eigenvalue weighted by molar-refractivity contribution is 7.55. The van der Waals surface area contributed by atoms with Gasteiger partial charge in [-0.1, -0.05) is 12.1 Å². The molecule has 0 saturated heterocycles. The van der Waals surface area contributed by atoms with Gasteiger partial charge < -0.3 is 19.6 Å². The molecule has 1 aromatic rings. The van der Waals surface area contributed by atoms with E-state index >= 15 is 0 Å². The smallest absolute Gasteiger partial charge is 0.439 e. The first-order chi connectivity index (χ1) is 9.24. The lowest BCUT2D eigenvalue weighted by Gasteiger charge is -2.34. The van der Waals surface area contributed by atoms with Crippen LogP contribution in [0.4, 0.5) is 26.3 Å². The number of aliphatic hydroxyl groups is 1. The molecule has 120 valence electrons. The third-order valence-electron chi connectivity index (χ3n) is 2.29. The monoisotopic (exact) mass is 340 g/mol. The number of phenolic OH excluding ortho intramolecular Hbond substituents is 1. The van der Waals surface area contributed by atoms with Crippen LogP contribution in [0.2, 0.25) is 0 Å². The molecule has 1 atom stereocenters. The van der Waals surface area contributed by atoms with Crippen LogP contribution >= 0.6 is 7.60 Å². The SMILES string of the molecule is O=P(O)(Oc1ccccc1O)C(O)(C(F)(F)F)C(F)(F)F. The maximum absolute atomic E-state index is 12.5. The zero-order valence-electron chi connectivity index (χ0n) is 9.68. The Hall–Kier alpha value is -1.45. The molecule has 1 rings (SSSR count). The molecule has 3 N–H and O–H groups in total. The van der Waals surface area contributed by atoms with Crippen molar-refractivity contribution < 1.29 is 50.5 Å². The van der Waals surface area contributed by atoms with E-state index in [1.807, 2.05) is 0 Å². The second-order valence-electron chi connectivity index (χ2n) is 3.75. The van der Waals surface area contributed by atoms with Crippen molar-refractivity contribution >= 4 is 7.60 Å². The van der Waals surface area contributed by atoms with E-state index in [-0.39, 0.29) is 0 Å². The lowest BCUT2D eigenvalue weighted by atomic mass is 10.3. The van der Waals surface area contributed by atoms with Gasteiger partial charge in [0.15, 0.2) is 11.5 Å². The molecule has 1 aromatic carbocycles. The number of para-hydroxylation sites is 2. The van der Waals surface area contributed by atoms with Gasteiger partial charge in [-0.25, -0.2) is 4.57 Å². The molecule has 12 heteroatoms. The lowest BCUT2D eigenvalue weighted by molar-refractivity contribution is -0.336. The van der Waals surface area contributed by atoms with E-state index in [1.54, 1.807) is 0 Å². The number of hydrogen-bond acceptors (Lipinski definition) is 4. The highest BCUT2D eigenvalue weighted by atomic mass is 31.2. The Morgan fingerprint density at radius 3 is 1.81 bits per heavy atom. The van der Waals surface area contributed by atoms with Crippen LogP contribution in [0.3, 0.4) is 0 Å². The number of rotatable bonds is 3. The maximum Gasteiger partial charge on any atom is 0.439 e. The summed E-state index contributed by atoms with van der Waals surface area (Å²) in [5.41, 5.74) is 0. The Labute approximate surface area is 112 Å². The number of benzene rings is 1. The number of aromatic hydroxyl groups is 1. The summed E-state index contributed by atoms with van der Waals surface area (Å²) in [4.78, 5) is 9.01. The van der Waals surface area contributed by atoms with Gasteiger partial charge in [0.25, 0.3) is 0 Å². The molecule has 0 amide bonds. The normalized spacial score (nSPS) is 16.4. The van der Waals surface area contributed by atoms with Gasteiger partial charge in [-0.05, 0) is 12.1 Å². The van der Waals surface area contributed by atoms with Gasteiger partial charge in [0.05, 0.1) is 0 Å². The maximum atomic E-state index is 12.5. The average Bonchev–Trinajstić information content (AvgIpc) is 2.27. The predicted octanol–water partition coefficient (Wildman–Crippen LogP) is 2.77. The van der Waals surface area contributed by atoms with Crippen LogP contribution in [0, 0.1) is 0 Å². The Morgan fingerprint density at radius 2 is 1.43 bits per heavy atom. The van der Waals surface area contributed by atoms with Crippen molar-refractivity contribution in [2.24, 2.45) is 0 Å². The van der Waals surface area contributed by atoms with Crippen molar-refractivity contribution in [1.82, 2.24) is 0 Å². The third kappa shape index (κ3) is 2.94. The van der Waals surface area contributed by atoms with E-state index in [0.29, 0.717) is 6.07 Å². The van der Waals surface area contributed by atoms with E-state index in [4.69, 9.17) is 15.1 Å². The second kappa shape index (κ2) is 5.08. The Balaban J connectivity index is 3.38. The summed E-state index contributed by atoms with van der Waals surface area (Å²) in [5, 5.41) is 11.9. The Bertz CT molecular complexity index is 554. The van der Waals surface area contributed by atoms with Crippen molar-refractivity contribution in [2.75, 3.05) is 0 Å². The molecule has 1 unspecified atom stereocenters. The van der Waals surface area contributed by atoms with Gasteiger partial charge in [0.2, 0.25) is 0 Å². The van der Waals surface area contributed by atoms with Gasteiger partial charge in [0.1, 0.15) is 0 Å². The predicted molar refractivity (Wildman–Crippen MR) is 55.6 cm³/mol. The summed E-state index contributed by atoms with van der Waals surface area (Å²) in [7, 11) is -6.76. The van der Waals surface area contributed by atoms with Crippen LogP contribution < -0.4 is 4.52 Å². The molecule has 0 aliphatic carbocycles. The Morgan fingerprint density at radius 1 is 1.00 bits per heavy atom. The van der Waals surface area contributed by atoms with E-state index in [9.17, 15) is 30.9 Å². The molecule has 0 radical (unpaired) electrons. The van der Waals surface area contributed by atoms with Crippen LogP contribution in [0.1, 0.15) is 0 Å². The van der Waals surface area contributed by atoms with Crippen molar-refractivity contribution in [1.29, 1.82) is 0 Å². The summed E-state index contributed by atoms with van der Waals surface area (Å²) >= 11 is 0. The van der Waals surface area contributed by atoms with Crippen LogP contribution in [0.25, 0.3) is 0 Å². The first kappa shape index (κ1) is 17.6.